The van der Waals surface area contributed by atoms with E-state index in [9.17, 15) is 0 Å². The molecule has 0 aliphatic rings. The zero-order chi connectivity index (χ0) is 12.4. The lowest BCUT2D eigenvalue weighted by Crippen LogP contribution is -1.99. The molecule has 18 heavy (non-hydrogen) atoms. The molecule has 2 aromatic carbocycles. The third kappa shape index (κ3) is 2.48. The first-order chi connectivity index (χ1) is 8.83. The first-order valence-corrected chi connectivity index (χ1v) is 8.85. The lowest BCUT2D eigenvalue weighted by Gasteiger charge is -2.10. The van der Waals surface area contributed by atoms with Crippen LogP contribution in [0.1, 0.15) is 4.88 Å². The standard InChI is InChI=1S/C16H15PS/c1-17(14-8-3-2-4-9-14)12-15-11-13-7-5-6-10-16(13)18-15/h2-11H,12H2,1H3. The fraction of sp³-hybridized carbons (Fsp3) is 0.125. The predicted molar refractivity (Wildman–Crippen MR) is 84.4 cm³/mol. The summed E-state index contributed by atoms with van der Waals surface area (Å²) in [7, 11) is -0.0784. The Kier molecular flexibility index (Phi) is 3.45. The van der Waals surface area contributed by atoms with Crippen LogP contribution in [0, 0.1) is 0 Å². The fourth-order valence-electron chi connectivity index (χ4n) is 2.12. The van der Waals surface area contributed by atoms with Crippen molar-refractivity contribution in [2.24, 2.45) is 0 Å². The van der Waals surface area contributed by atoms with Gasteiger partial charge in [0.1, 0.15) is 0 Å². The van der Waals surface area contributed by atoms with Gasteiger partial charge in [0.2, 0.25) is 0 Å². The van der Waals surface area contributed by atoms with Gasteiger partial charge in [-0.25, -0.2) is 0 Å². The zero-order valence-corrected chi connectivity index (χ0v) is 12.0. The second-order valence-corrected chi connectivity index (χ2v) is 7.84. The maximum absolute atomic E-state index is 2.37. The van der Waals surface area contributed by atoms with Gasteiger partial charge in [-0.05, 0) is 29.5 Å². The third-order valence-electron chi connectivity index (χ3n) is 3.07. The quantitative estimate of drug-likeness (QED) is 0.597. The summed E-state index contributed by atoms with van der Waals surface area (Å²) < 4.78 is 1.41. The minimum absolute atomic E-state index is 0.0784. The Bertz CT molecular complexity index is 609. The average Bonchev–Trinajstić information content (AvgIpc) is 2.82. The van der Waals surface area contributed by atoms with E-state index in [1.807, 2.05) is 11.3 Å². The van der Waals surface area contributed by atoms with Crippen molar-refractivity contribution in [3.05, 3.63) is 65.5 Å². The lowest BCUT2D eigenvalue weighted by atomic mass is 10.2. The van der Waals surface area contributed by atoms with Crippen molar-refractivity contribution in [2.45, 2.75) is 6.16 Å². The molecule has 1 aromatic heterocycles. The topological polar surface area (TPSA) is 0 Å². The van der Waals surface area contributed by atoms with Crippen molar-refractivity contribution in [3.8, 4) is 0 Å². The minimum atomic E-state index is -0.0784. The van der Waals surface area contributed by atoms with Gasteiger partial charge in [-0.15, -0.1) is 11.3 Å². The molecule has 0 nitrogen and oxygen atoms in total. The number of fused-ring (bicyclic) bond motifs is 1. The van der Waals surface area contributed by atoms with Gasteiger partial charge in [-0.2, -0.15) is 0 Å². The monoisotopic (exact) mass is 270 g/mol. The molecule has 0 aliphatic carbocycles. The van der Waals surface area contributed by atoms with Crippen LogP contribution in [0.15, 0.2) is 60.7 Å². The summed E-state index contributed by atoms with van der Waals surface area (Å²) in [5, 5.41) is 2.87. The van der Waals surface area contributed by atoms with E-state index in [0.29, 0.717) is 0 Å². The molecule has 2 heteroatoms. The van der Waals surface area contributed by atoms with Gasteiger partial charge in [0.05, 0.1) is 0 Å². The minimum Gasteiger partial charge on any atom is -0.140 e. The third-order valence-corrected chi connectivity index (χ3v) is 6.39. The van der Waals surface area contributed by atoms with Crippen LogP contribution in [0.2, 0.25) is 0 Å². The highest BCUT2D eigenvalue weighted by atomic mass is 32.1. The van der Waals surface area contributed by atoms with E-state index in [2.05, 4.69) is 67.3 Å². The summed E-state index contributed by atoms with van der Waals surface area (Å²) in [6.45, 7) is 2.37. The summed E-state index contributed by atoms with van der Waals surface area (Å²) in [6, 6.07) is 21.9. The number of hydrogen-bond donors (Lipinski definition) is 0. The highest BCUT2D eigenvalue weighted by molar-refractivity contribution is 7.64. The Balaban J connectivity index is 1.84. The molecule has 0 fully saturated rings. The molecule has 1 heterocycles. The van der Waals surface area contributed by atoms with Gasteiger partial charge < -0.3 is 0 Å². The van der Waals surface area contributed by atoms with Crippen LogP contribution < -0.4 is 5.30 Å². The Morgan fingerprint density at radius 1 is 0.944 bits per heavy atom. The van der Waals surface area contributed by atoms with Gasteiger partial charge in [0.25, 0.3) is 0 Å². The molecule has 90 valence electrons. The van der Waals surface area contributed by atoms with E-state index >= 15 is 0 Å². The molecule has 0 aliphatic heterocycles. The van der Waals surface area contributed by atoms with Crippen LogP contribution >= 0.6 is 19.3 Å². The number of rotatable bonds is 3. The highest BCUT2D eigenvalue weighted by Gasteiger charge is 2.08. The van der Waals surface area contributed by atoms with Crippen LogP contribution in [0.25, 0.3) is 10.1 Å². The van der Waals surface area contributed by atoms with E-state index < -0.39 is 0 Å². The molecule has 1 unspecified atom stereocenters. The normalized spacial score (nSPS) is 12.7. The number of thiophene rings is 1. The molecule has 3 rings (SSSR count). The molecule has 0 bridgehead atoms. The van der Waals surface area contributed by atoms with E-state index in [1.54, 1.807) is 0 Å². The van der Waals surface area contributed by atoms with Crippen molar-refractivity contribution in [3.63, 3.8) is 0 Å². The number of hydrogen-bond acceptors (Lipinski definition) is 1. The smallest absolute Gasteiger partial charge is 0.0345 e. The van der Waals surface area contributed by atoms with Crippen LogP contribution in [-0.4, -0.2) is 6.66 Å². The molecule has 0 saturated heterocycles. The maximum atomic E-state index is 2.37. The molecule has 0 saturated carbocycles. The van der Waals surface area contributed by atoms with Gasteiger partial charge in [0.15, 0.2) is 0 Å². The second kappa shape index (κ2) is 5.22. The Morgan fingerprint density at radius 3 is 2.44 bits per heavy atom. The summed E-state index contributed by atoms with van der Waals surface area (Å²) >= 11 is 1.94. The van der Waals surface area contributed by atoms with Crippen LogP contribution in [0.4, 0.5) is 0 Å². The van der Waals surface area contributed by atoms with Crippen molar-refractivity contribution in [1.29, 1.82) is 0 Å². The molecule has 1 atom stereocenters. The SMILES string of the molecule is CP(Cc1cc2ccccc2s1)c1ccccc1. The summed E-state index contributed by atoms with van der Waals surface area (Å²) in [4.78, 5) is 1.51. The Labute approximate surface area is 113 Å². The van der Waals surface area contributed by atoms with Crippen LogP contribution in [0.3, 0.4) is 0 Å². The first kappa shape index (κ1) is 11.9. The molecule has 0 radical (unpaired) electrons. The molecule has 0 N–H and O–H groups in total. The molecule has 0 spiro atoms. The number of benzene rings is 2. The average molecular weight is 270 g/mol. The van der Waals surface area contributed by atoms with Gasteiger partial charge in [0, 0.05) is 15.7 Å². The fourth-order valence-corrected chi connectivity index (χ4v) is 5.24. The van der Waals surface area contributed by atoms with Crippen molar-refractivity contribution >= 4 is 34.6 Å². The van der Waals surface area contributed by atoms with E-state index in [1.165, 1.54) is 26.4 Å². The summed E-state index contributed by atoms with van der Waals surface area (Å²) in [6.07, 6.45) is 1.19. The van der Waals surface area contributed by atoms with E-state index in [4.69, 9.17) is 0 Å². The Morgan fingerprint density at radius 2 is 1.67 bits per heavy atom. The summed E-state index contributed by atoms with van der Waals surface area (Å²) in [5.74, 6) is 0. The van der Waals surface area contributed by atoms with E-state index in [0.717, 1.165) is 0 Å². The Hall–Kier alpha value is -1.17. The first-order valence-electron chi connectivity index (χ1n) is 6.06. The zero-order valence-electron chi connectivity index (χ0n) is 10.3. The van der Waals surface area contributed by atoms with Gasteiger partial charge >= 0.3 is 0 Å². The summed E-state index contributed by atoms with van der Waals surface area (Å²) in [5.41, 5.74) is 0. The molecule has 0 amide bonds. The van der Waals surface area contributed by atoms with Crippen molar-refractivity contribution in [2.75, 3.05) is 6.66 Å². The van der Waals surface area contributed by atoms with Crippen LogP contribution in [0.5, 0.6) is 0 Å². The van der Waals surface area contributed by atoms with Crippen molar-refractivity contribution < 1.29 is 0 Å². The van der Waals surface area contributed by atoms with E-state index in [-0.39, 0.29) is 7.92 Å². The lowest BCUT2D eigenvalue weighted by molar-refractivity contribution is 1.53. The predicted octanol–water partition coefficient (Wildman–Crippen LogP) is 4.84. The van der Waals surface area contributed by atoms with Crippen LogP contribution in [-0.2, 0) is 6.16 Å². The molecule has 3 aromatic rings. The van der Waals surface area contributed by atoms with Gasteiger partial charge in [-0.3, -0.25) is 0 Å². The van der Waals surface area contributed by atoms with Gasteiger partial charge in [-0.1, -0.05) is 56.5 Å². The molecular formula is C16H15PS. The molecular weight excluding hydrogens is 255 g/mol. The largest absolute Gasteiger partial charge is 0.140 e. The van der Waals surface area contributed by atoms with Crippen molar-refractivity contribution in [1.82, 2.24) is 0 Å². The highest BCUT2D eigenvalue weighted by Crippen LogP contribution is 2.38. The second-order valence-electron chi connectivity index (χ2n) is 4.44. The maximum Gasteiger partial charge on any atom is 0.0345 e.